The van der Waals surface area contributed by atoms with Crippen molar-refractivity contribution in [2.75, 3.05) is 0 Å². The van der Waals surface area contributed by atoms with Crippen molar-refractivity contribution in [3.8, 4) is 5.69 Å². The fraction of sp³-hybridized carbons (Fsp3) is 0.222. The molecule has 7 heteroatoms. The van der Waals surface area contributed by atoms with Crippen LogP contribution in [0.3, 0.4) is 0 Å². The van der Waals surface area contributed by atoms with Gasteiger partial charge in [0.05, 0.1) is 6.04 Å². The van der Waals surface area contributed by atoms with E-state index in [-0.39, 0.29) is 5.03 Å². The molecule has 1 atom stereocenters. The van der Waals surface area contributed by atoms with E-state index < -0.39 is 16.1 Å². The topological polar surface area (TPSA) is 76.9 Å². The quantitative estimate of drug-likeness (QED) is 0.784. The molecule has 4 rings (SSSR count). The summed E-state index contributed by atoms with van der Waals surface area (Å²) in [5, 5.41) is 0.0647. The van der Waals surface area contributed by atoms with E-state index in [0.29, 0.717) is 17.8 Å². The van der Waals surface area contributed by atoms with Crippen LogP contribution in [0.1, 0.15) is 29.4 Å². The highest BCUT2D eigenvalue weighted by molar-refractivity contribution is 7.89. The number of imidazole rings is 1. The first-order valence-corrected chi connectivity index (χ1v) is 9.60. The Morgan fingerprint density at radius 1 is 1.12 bits per heavy atom. The molecule has 1 aliphatic rings. The van der Waals surface area contributed by atoms with Crippen LogP contribution in [0.5, 0.6) is 0 Å². The summed E-state index contributed by atoms with van der Waals surface area (Å²) in [7, 11) is -3.73. The van der Waals surface area contributed by atoms with Gasteiger partial charge in [-0.15, -0.1) is 0 Å². The zero-order valence-corrected chi connectivity index (χ0v) is 14.6. The van der Waals surface area contributed by atoms with Crippen molar-refractivity contribution in [1.82, 2.24) is 19.3 Å². The second-order valence-electron chi connectivity index (χ2n) is 6.12. The van der Waals surface area contributed by atoms with Crippen LogP contribution in [0, 0.1) is 6.92 Å². The van der Waals surface area contributed by atoms with E-state index in [0.717, 1.165) is 12.1 Å². The molecule has 0 aliphatic carbocycles. The number of aryl methyl sites for hydroxylation is 2. The number of pyridine rings is 1. The highest BCUT2D eigenvalue weighted by atomic mass is 32.2. The molecular weight excluding hydrogens is 336 g/mol. The molecule has 3 aromatic rings. The number of para-hydroxylation sites is 1. The molecule has 0 bridgehead atoms. The molecule has 1 unspecified atom stereocenters. The highest BCUT2D eigenvalue weighted by Crippen LogP contribution is 2.29. The number of rotatable bonds is 3. The minimum Gasteiger partial charge on any atom is -0.302 e. The Balaban J connectivity index is 1.73. The average molecular weight is 354 g/mol. The van der Waals surface area contributed by atoms with Gasteiger partial charge in [0, 0.05) is 24.3 Å². The highest BCUT2D eigenvalue weighted by Gasteiger charge is 2.29. The normalized spacial score (nSPS) is 16.8. The molecule has 128 valence electrons. The molecule has 0 radical (unpaired) electrons. The third-order valence-electron chi connectivity index (χ3n) is 4.45. The second kappa shape index (κ2) is 6.09. The van der Waals surface area contributed by atoms with E-state index in [4.69, 9.17) is 0 Å². The minimum absolute atomic E-state index is 0.0647. The Hall–Kier alpha value is -2.51. The molecule has 0 spiro atoms. The number of nitrogens with one attached hydrogen (secondary N) is 1. The molecule has 1 aromatic carbocycles. The molecular formula is C18H18N4O2S. The maximum atomic E-state index is 12.8. The summed E-state index contributed by atoms with van der Waals surface area (Å²) in [6.07, 6.45) is 6.47. The van der Waals surface area contributed by atoms with E-state index in [1.807, 2.05) is 29.0 Å². The Labute approximate surface area is 146 Å². The fourth-order valence-corrected chi connectivity index (χ4v) is 4.67. The Morgan fingerprint density at radius 2 is 1.96 bits per heavy atom. The Kier molecular flexibility index (Phi) is 3.89. The molecule has 0 fully saturated rings. The van der Waals surface area contributed by atoms with Gasteiger partial charge in [-0.05, 0) is 43.0 Å². The van der Waals surface area contributed by atoms with Gasteiger partial charge in [-0.3, -0.25) is 0 Å². The lowest BCUT2D eigenvalue weighted by molar-refractivity contribution is 0.524. The Bertz CT molecular complexity index is 1030. The maximum absolute atomic E-state index is 12.8. The number of nitrogens with zero attached hydrogens (tertiary/aromatic N) is 3. The number of sulfonamides is 1. The van der Waals surface area contributed by atoms with Crippen LogP contribution in [0.4, 0.5) is 0 Å². The van der Waals surface area contributed by atoms with Gasteiger partial charge < -0.3 is 4.57 Å². The van der Waals surface area contributed by atoms with Crippen molar-refractivity contribution < 1.29 is 8.42 Å². The number of aromatic nitrogens is 3. The molecule has 2 aromatic heterocycles. The first kappa shape index (κ1) is 16.0. The van der Waals surface area contributed by atoms with Gasteiger partial charge in [0.1, 0.15) is 5.82 Å². The summed E-state index contributed by atoms with van der Waals surface area (Å²) in [5.41, 5.74) is 2.85. The molecule has 25 heavy (non-hydrogen) atoms. The van der Waals surface area contributed by atoms with Crippen LogP contribution in [0.2, 0.25) is 0 Å². The van der Waals surface area contributed by atoms with E-state index in [1.165, 1.54) is 11.8 Å². The molecule has 6 nitrogen and oxygen atoms in total. The fourth-order valence-electron chi connectivity index (χ4n) is 3.27. The standard InChI is InChI=1S/C18H18N4O2S/c1-13-5-4-10-20-18(13)25(23,24)21-15-9-8-14-6-2-3-7-16(14)22-12-11-19-17(15)22/h2-7,10-12,15,21H,8-9H2,1H3. The second-order valence-corrected chi connectivity index (χ2v) is 7.75. The summed E-state index contributed by atoms with van der Waals surface area (Å²) >= 11 is 0. The lowest BCUT2D eigenvalue weighted by Gasteiger charge is -2.17. The largest absolute Gasteiger partial charge is 0.302 e. The molecule has 1 N–H and O–H groups in total. The van der Waals surface area contributed by atoms with E-state index in [2.05, 4.69) is 20.8 Å². The van der Waals surface area contributed by atoms with Crippen LogP contribution in [0.15, 0.2) is 60.0 Å². The predicted octanol–water partition coefficient (Wildman–Crippen LogP) is 2.54. The van der Waals surface area contributed by atoms with Crippen LogP contribution >= 0.6 is 0 Å². The summed E-state index contributed by atoms with van der Waals surface area (Å²) in [5.74, 6) is 0.696. The van der Waals surface area contributed by atoms with Crippen molar-refractivity contribution >= 4 is 10.0 Å². The number of hydrogen-bond donors (Lipinski definition) is 1. The van der Waals surface area contributed by atoms with E-state index in [9.17, 15) is 8.42 Å². The van der Waals surface area contributed by atoms with Gasteiger partial charge in [0.15, 0.2) is 5.03 Å². The maximum Gasteiger partial charge on any atom is 0.258 e. The summed E-state index contributed by atoms with van der Waals surface area (Å²) in [6, 6.07) is 11.1. The zero-order valence-electron chi connectivity index (χ0n) is 13.8. The monoisotopic (exact) mass is 354 g/mol. The number of hydrogen-bond acceptors (Lipinski definition) is 4. The van der Waals surface area contributed by atoms with Crippen LogP contribution in [-0.4, -0.2) is 23.0 Å². The van der Waals surface area contributed by atoms with Gasteiger partial charge in [-0.2, -0.15) is 4.72 Å². The lowest BCUT2D eigenvalue weighted by Crippen LogP contribution is -2.31. The minimum atomic E-state index is -3.73. The van der Waals surface area contributed by atoms with Crippen molar-refractivity contribution in [1.29, 1.82) is 0 Å². The van der Waals surface area contributed by atoms with Gasteiger partial charge in [-0.25, -0.2) is 18.4 Å². The number of benzene rings is 1. The first-order valence-electron chi connectivity index (χ1n) is 8.12. The third kappa shape index (κ3) is 2.85. The first-order chi connectivity index (χ1) is 12.1. The predicted molar refractivity (Wildman–Crippen MR) is 93.9 cm³/mol. The van der Waals surface area contributed by atoms with E-state index in [1.54, 1.807) is 25.3 Å². The summed E-state index contributed by atoms with van der Waals surface area (Å²) < 4.78 is 30.4. The molecule has 0 saturated carbocycles. The van der Waals surface area contributed by atoms with Crippen molar-refractivity contribution in [3.63, 3.8) is 0 Å². The van der Waals surface area contributed by atoms with Gasteiger partial charge >= 0.3 is 0 Å². The molecule has 0 amide bonds. The van der Waals surface area contributed by atoms with Crippen molar-refractivity contribution in [3.05, 3.63) is 71.9 Å². The van der Waals surface area contributed by atoms with Crippen LogP contribution in [0.25, 0.3) is 5.69 Å². The third-order valence-corrected chi connectivity index (χ3v) is 5.98. The summed E-state index contributed by atoms with van der Waals surface area (Å²) in [4.78, 5) is 8.46. The number of fused-ring (bicyclic) bond motifs is 3. The van der Waals surface area contributed by atoms with Crippen molar-refractivity contribution in [2.45, 2.75) is 30.8 Å². The van der Waals surface area contributed by atoms with E-state index >= 15 is 0 Å². The van der Waals surface area contributed by atoms with Gasteiger partial charge in [0.25, 0.3) is 10.0 Å². The van der Waals surface area contributed by atoms with Crippen molar-refractivity contribution in [2.24, 2.45) is 0 Å². The lowest BCUT2D eigenvalue weighted by atomic mass is 10.1. The van der Waals surface area contributed by atoms with Gasteiger partial charge in [-0.1, -0.05) is 24.3 Å². The zero-order chi connectivity index (χ0) is 17.4. The average Bonchev–Trinajstić information content (AvgIpc) is 3.03. The van der Waals surface area contributed by atoms with Crippen LogP contribution < -0.4 is 4.72 Å². The SMILES string of the molecule is Cc1cccnc1S(=O)(=O)NC1CCc2ccccc2-n2ccnc21. The summed E-state index contributed by atoms with van der Waals surface area (Å²) in [6.45, 7) is 1.74. The molecule has 3 heterocycles. The van der Waals surface area contributed by atoms with Crippen LogP contribution in [-0.2, 0) is 16.4 Å². The van der Waals surface area contributed by atoms with Gasteiger partial charge in [0.2, 0.25) is 0 Å². The smallest absolute Gasteiger partial charge is 0.258 e. The Morgan fingerprint density at radius 3 is 2.80 bits per heavy atom. The molecule has 1 aliphatic heterocycles. The molecule has 0 saturated heterocycles.